The van der Waals surface area contributed by atoms with Gasteiger partial charge in [0.25, 0.3) is 11.8 Å². The molecular formula is C21H20N2O5S. The maximum absolute atomic E-state index is 12.6. The lowest BCUT2D eigenvalue weighted by atomic mass is 9.85. The second kappa shape index (κ2) is 7.79. The minimum atomic E-state index is -0.540. The Balaban J connectivity index is 1.58. The van der Waals surface area contributed by atoms with Crippen LogP contribution in [0, 0.1) is 5.92 Å². The zero-order valence-corrected chi connectivity index (χ0v) is 16.7. The average molecular weight is 412 g/mol. The molecule has 1 aliphatic heterocycles. The predicted octanol–water partition coefficient (Wildman–Crippen LogP) is 3.46. The molecule has 8 heteroatoms. The number of nitrogens with zero attached hydrogens (tertiary/aromatic N) is 1. The summed E-state index contributed by atoms with van der Waals surface area (Å²) >= 11 is 1.18. The Hall–Kier alpha value is -3.00. The van der Waals surface area contributed by atoms with E-state index in [9.17, 15) is 19.2 Å². The van der Waals surface area contributed by atoms with Crippen LogP contribution in [0.25, 0.3) is 0 Å². The largest absolute Gasteiger partial charge is 0.462 e. The minimum absolute atomic E-state index is 0.0305. The predicted molar refractivity (Wildman–Crippen MR) is 107 cm³/mol. The van der Waals surface area contributed by atoms with Crippen molar-refractivity contribution in [2.45, 2.75) is 32.7 Å². The Labute approximate surface area is 171 Å². The first-order valence-corrected chi connectivity index (χ1v) is 10.4. The molecule has 0 spiro atoms. The lowest BCUT2D eigenvalue weighted by Crippen LogP contribution is -2.28. The van der Waals surface area contributed by atoms with Gasteiger partial charge >= 0.3 is 5.97 Å². The van der Waals surface area contributed by atoms with Crippen LogP contribution in [0.3, 0.4) is 0 Å². The van der Waals surface area contributed by atoms with E-state index in [0.29, 0.717) is 21.0 Å². The van der Waals surface area contributed by atoms with Crippen molar-refractivity contribution >= 4 is 40.0 Å². The van der Waals surface area contributed by atoms with Crippen molar-refractivity contribution in [1.29, 1.82) is 0 Å². The second-order valence-electron chi connectivity index (χ2n) is 7.04. The van der Waals surface area contributed by atoms with E-state index in [1.165, 1.54) is 11.3 Å². The first-order chi connectivity index (χ1) is 14.0. The number of anilines is 1. The fraction of sp³-hybridized carbons (Fsp3) is 0.333. The number of amides is 3. The first kappa shape index (κ1) is 19.3. The Morgan fingerprint density at radius 3 is 2.38 bits per heavy atom. The van der Waals surface area contributed by atoms with Crippen LogP contribution in [-0.4, -0.2) is 35.2 Å². The summed E-state index contributed by atoms with van der Waals surface area (Å²) in [5, 5.41) is 3.22. The second-order valence-corrected chi connectivity index (χ2v) is 8.17. The molecule has 0 atom stereocenters. The highest BCUT2D eigenvalue weighted by Crippen LogP contribution is 2.34. The number of carbonyl (C=O) groups excluding carboxylic acids is 4. The summed E-state index contributed by atoms with van der Waals surface area (Å²) in [4.78, 5) is 51.7. The number of fused-ring (bicyclic) bond motifs is 1. The molecule has 1 saturated carbocycles. The number of imide groups is 1. The molecule has 29 heavy (non-hydrogen) atoms. The van der Waals surface area contributed by atoms with Crippen LogP contribution in [0.5, 0.6) is 0 Å². The normalized spacial score (nSPS) is 15.8. The van der Waals surface area contributed by atoms with Gasteiger partial charge in [-0.1, -0.05) is 18.6 Å². The van der Waals surface area contributed by atoms with E-state index in [1.54, 1.807) is 37.3 Å². The fourth-order valence-corrected chi connectivity index (χ4v) is 4.43. The highest BCUT2D eigenvalue weighted by molar-refractivity contribution is 7.16. The van der Waals surface area contributed by atoms with Gasteiger partial charge in [0.15, 0.2) is 0 Å². The van der Waals surface area contributed by atoms with Crippen molar-refractivity contribution in [3.8, 4) is 0 Å². The van der Waals surface area contributed by atoms with Crippen LogP contribution in [0.2, 0.25) is 0 Å². The van der Waals surface area contributed by atoms with E-state index in [-0.39, 0.29) is 42.4 Å². The number of nitrogens with one attached hydrogen (secondary N) is 1. The van der Waals surface area contributed by atoms with E-state index >= 15 is 0 Å². The first-order valence-electron chi connectivity index (χ1n) is 9.55. The molecule has 3 amide bonds. The van der Waals surface area contributed by atoms with Gasteiger partial charge in [0.1, 0.15) is 5.00 Å². The zero-order chi connectivity index (χ0) is 20.5. The van der Waals surface area contributed by atoms with E-state index in [0.717, 1.165) is 24.2 Å². The third kappa shape index (κ3) is 3.55. The summed E-state index contributed by atoms with van der Waals surface area (Å²) < 4.78 is 5.10. The lowest BCUT2D eigenvalue weighted by Gasteiger charge is -2.23. The van der Waals surface area contributed by atoms with Gasteiger partial charge in [0.2, 0.25) is 5.91 Å². The zero-order valence-electron chi connectivity index (χ0n) is 15.9. The smallest absolute Gasteiger partial charge is 0.341 e. The van der Waals surface area contributed by atoms with Gasteiger partial charge in [-0.3, -0.25) is 19.3 Å². The van der Waals surface area contributed by atoms with Gasteiger partial charge < -0.3 is 10.1 Å². The number of esters is 1. The van der Waals surface area contributed by atoms with Crippen molar-refractivity contribution in [3.05, 3.63) is 51.9 Å². The topological polar surface area (TPSA) is 92.8 Å². The highest BCUT2D eigenvalue weighted by Gasteiger charge is 2.36. The van der Waals surface area contributed by atoms with E-state index in [1.807, 2.05) is 0 Å². The van der Waals surface area contributed by atoms with Crippen LogP contribution >= 0.6 is 11.3 Å². The van der Waals surface area contributed by atoms with Gasteiger partial charge in [-0.2, -0.15) is 0 Å². The SMILES string of the molecule is CCOC(=O)c1cc(CN2C(=O)c3ccccc3C2=O)sc1NC(=O)C1CCC1. The molecule has 1 aliphatic carbocycles. The number of carbonyl (C=O) groups is 4. The van der Waals surface area contributed by atoms with Gasteiger partial charge in [-0.25, -0.2) is 4.79 Å². The monoisotopic (exact) mass is 412 g/mol. The number of hydrogen-bond donors (Lipinski definition) is 1. The van der Waals surface area contributed by atoms with E-state index in [2.05, 4.69) is 5.32 Å². The molecule has 150 valence electrons. The maximum Gasteiger partial charge on any atom is 0.341 e. The summed E-state index contributed by atoms with van der Waals surface area (Å²) in [6.07, 6.45) is 2.71. The number of thiophene rings is 1. The molecule has 1 fully saturated rings. The summed E-state index contributed by atoms with van der Waals surface area (Å²) in [6, 6.07) is 8.26. The number of rotatable bonds is 6. The van der Waals surface area contributed by atoms with E-state index in [4.69, 9.17) is 4.74 Å². The maximum atomic E-state index is 12.6. The minimum Gasteiger partial charge on any atom is -0.462 e. The molecule has 7 nitrogen and oxygen atoms in total. The Morgan fingerprint density at radius 1 is 1.17 bits per heavy atom. The molecule has 4 rings (SSSR count). The van der Waals surface area contributed by atoms with Crippen molar-refractivity contribution in [3.63, 3.8) is 0 Å². The van der Waals surface area contributed by atoms with Gasteiger partial charge in [-0.15, -0.1) is 11.3 Å². The molecule has 1 aromatic carbocycles. The number of benzene rings is 1. The molecule has 2 aliphatic rings. The van der Waals surface area contributed by atoms with Gasteiger partial charge in [-0.05, 0) is 38.0 Å². The van der Waals surface area contributed by atoms with Crippen LogP contribution in [0.4, 0.5) is 5.00 Å². The Bertz CT molecular complexity index is 973. The molecule has 2 aromatic rings. The Morgan fingerprint density at radius 2 is 1.83 bits per heavy atom. The third-order valence-electron chi connectivity index (χ3n) is 5.18. The molecule has 2 heterocycles. The van der Waals surface area contributed by atoms with Crippen LogP contribution in [0.1, 0.15) is 62.1 Å². The van der Waals surface area contributed by atoms with Gasteiger partial charge in [0, 0.05) is 10.8 Å². The molecule has 0 radical (unpaired) electrons. The lowest BCUT2D eigenvalue weighted by molar-refractivity contribution is -0.122. The standard InChI is InChI=1S/C21H20N2O5S/c1-2-28-21(27)16-10-13(29-18(16)22-17(24)12-6-5-7-12)11-23-19(25)14-8-3-4-9-15(14)20(23)26/h3-4,8-10,12H,2,5-7,11H2,1H3,(H,22,24). The summed E-state index contributed by atoms with van der Waals surface area (Å²) in [6.45, 7) is 1.94. The number of hydrogen-bond acceptors (Lipinski definition) is 6. The number of ether oxygens (including phenoxy) is 1. The van der Waals surface area contributed by atoms with Crippen LogP contribution in [0.15, 0.2) is 30.3 Å². The Kier molecular flexibility index (Phi) is 5.19. The van der Waals surface area contributed by atoms with Gasteiger partial charge in [0.05, 0.1) is 29.8 Å². The highest BCUT2D eigenvalue weighted by atomic mass is 32.1. The molecule has 1 aromatic heterocycles. The molecule has 0 saturated heterocycles. The third-order valence-corrected chi connectivity index (χ3v) is 6.22. The summed E-state index contributed by atoms with van der Waals surface area (Å²) in [7, 11) is 0. The fourth-order valence-electron chi connectivity index (χ4n) is 3.40. The van der Waals surface area contributed by atoms with Crippen molar-refractivity contribution in [2.24, 2.45) is 5.92 Å². The molecule has 0 unspecified atom stereocenters. The molecule has 1 N–H and O–H groups in total. The van der Waals surface area contributed by atoms with E-state index < -0.39 is 5.97 Å². The van der Waals surface area contributed by atoms with Crippen molar-refractivity contribution in [2.75, 3.05) is 11.9 Å². The van der Waals surface area contributed by atoms with Crippen LogP contribution < -0.4 is 5.32 Å². The average Bonchev–Trinajstić information content (AvgIpc) is 3.15. The van der Waals surface area contributed by atoms with Crippen molar-refractivity contribution in [1.82, 2.24) is 4.90 Å². The quantitative estimate of drug-likeness (QED) is 0.579. The molecular weight excluding hydrogens is 392 g/mol. The summed E-state index contributed by atoms with van der Waals surface area (Å²) in [5.41, 5.74) is 0.993. The van der Waals surface area contributed by atoms with Crippen molar-refractivity contribution < 1.29 is 23.9 Å². The molecule has 0 bridgehead atoms. The summed E-state index contributed by atoms with van der Waals surface area (Å²) in [5.74, 6) is -1.42. The van der Waals surface area contributed by atoms with Crippen LogP contribution in [-0.2, 0) is 16.1 Å².